The fraction of sp³-hybridized carbons (Fsp3) is 0.515. The van der Waals surface area contributed by atoms with Crippen molar-refractivity contribution in [2.75, 3.05) is 48.1 Å². The number of carbonyl (C=O) groups is 4. The molecule has 0 bridgehead atoms. The number of carboxylic acids is 1. The van der Waals surface area contributed by atoms with Crippen LogP contribution in [0.25, 0.3) is 0 Å². The molecule has 2 amide bonds. The standard InChI is InChI=1S/C21H23ClFNO5.C9H13ClN6.C3H8NO5P/c1-2-3-6-9-28-19(25)12-29-18-11-17(16(23)10-15(18)22)24-20(26)13-7-4-5-8-14(13)21(24)27;1-4-12-7-13-6(10)14-8(15-7)16-9(2,3)5-11;5-3(6)1-4-2-10(7,8)9/h10-11H,2-9,12H2,1H3;4H2,1-3H3,(H2,12,13,14,15,16);4H,1-2H2,(H,5,6)(H2,7,8,9). The number of nitrogens with zero attached hydrogens (tertiary/aromatic N) is 5. The van der Waals surface area contributed by atoms with Crippen molar-refractivity contribution < 1.29 is 52.5 Å². The summed E-state index contributed by atoms with van der Waals surface area (Å²) in [5.74, 6) is -2.88. The third-order valence-electron chi connectivity index (χ3n) is 7.23. The maximum Gasteiger partial charge on any atom is 0.344 e. The first-order valence-corrected chi connectivity index (χ1v) is 19.6. The van der Waals surface area contributed by atoms with Crippen molar-refractivity contribution in [2.45, 2.75) is 78.2 Å². The molecule has 4 rings (SSSR count). The number of esters is 1. The molecule has 1 aromatic heterocycles. The highest BCUT2D eigenvalue weighted by Crippen LogP contribution is 2.39. The molecule has 1 aromatic carbocycles. The van der Waals surface area contributed by atoms with E-state index in [2.05, 4.69) is 37.0 Å². The molecule has 2 aromatic rings. The second-order valence-corrected chi connectivity index (χ2v) is 14.7. The molecule has 0 spiro atoms. The zero-order chi connectivity index (χ0) is 41.3. The van der Waals surface area contributed by atoms with Gasteiger partial charge in [0.15, 0.2) is 6.61 Å². The molecule has 22 heteroatoms. The minimum absolute atomic E-state index is 0.000883. The Kier molecular flexibility index (Phi) is 18.9. The highest BCUT2D eigenvalue weighted by Gasteiger charge is 2.41. The lowest BCUT2D eigenvalue weighted by molar-refractivity contribution is -0.146. The Morgan fingerprint density at radius 2 is 1.67 bits per heavy atom. The Morgan fingerprint density at radius 1 is 1.05 bits per heavy atom. The lowest BCUT2D eigenvalue weighted by atomic mass is 9.93. The smallest absolute Gasteiger partial charge is 0.344 e. The molecule has 0 unspecified atom stereocenters. The number of halogens is 3. The number of amides is 2. The second-order valence-electron chi connectivity index (χ2n) is 12.3. The molecule has 0 atom stereocenters. The van der Waals surface area contributed by atoms with Crippen LogP contribution in [-0.2, 0) is 28.5 Å². The third-order valence-corrected chi connectivity index (χ3v) is 8.33. The number of hydrogen-bond acceptors (Lipinski definition) is 14. The first-order chi connectivity index (χ1) is 25.8. The molecule has 302 valence electrons. The fourth-order valence-electron chi connectivity index (χ4n) is 4.73. The van der Waals surface area contributed by atoms with Crippen molar-refractivity contribution in [1.29, 1.82) is 5.26 Å². The number of carboxylic acid groups (broad SMARTS) is 1. The van der Waals surface area contributed by atoms with E-state index in [9.17, 15) is 28.1 Å². The molecule has 2 aliphatic rings. The molecule has 6 N–H and O–H groups in total. The van der Waals surface area contributed by atoms with Crippen LogP contribution >= 0.6 is 30.8 Å². The molecule has 1 aliphatic heterocycles. The number of aromatic nitrogens is 3. The Balaban J connectivity index is 0.000000336. The number of rotatable bonds is 16. The van der Waals surface area contributed by atoms with Crippen molar-refractivity contribution in [3.8, 4) is 11.8 Å². The molecule has 18 nitrogen and oxygen atoms in total. The maximum atomic E-state index is 14.5. The summed E-state index contributed by atoms with van der Waals surface area (Å²) < 4.78 is 35.0. The average molecular weight is 834 g/mol. The Labute approximate surface area is 327 Å². The molecule has 1 aliphatic carbocycles. The van der Waals surface area contributed by atoms with E-state index in [1.54, 1.807) is 13.8 Å². The first kappa shape index (κ1) is 46.7. The summed E-state index contributed by atoms with van der Waals surface area (Å²) in [5, 5.41) is 24.7. The normalized spacial score (nSPS) is 13.8. The van der Waals surface area contributed by atoms with Gasteiger partial charge < -0.3 is 35.0 Å². The van der Waals surface area contributed by atoms with E-state index in [0.29, 0.717) is 43.1 Å². The maximum absolute atomic E-state index is 14.5. The Morgan fingerprint density at radius 3 is 2.22 bits per heavy atom. The lowest BCUT2D eigenvalue weighted by Gasteiger charge is -2.18. The van der Waals surface area contributed by atoms with E-state index < -0.39 is 62.1 Å². The quantitative estimate of drug-likeness (QED) is 0.0574. The number of nitriles is 1. The molecule has 0 fully saturated rings. The monoisotopic (exact) mass is 832 g/mol. The Bertz CT molecular complexity index is 1790. The van der Waals surface area contributed by atoms with E-state index in [1.807, 2.05) is 13.8 Å². The predicted molar refractivity (Wildman–Crippen MR) is 200 cm³/mol. The van der Waals surface area contributed by atoms with Crippen LogP contribution in [0.2, 0.25) is 10.3 Å². The van der Waals surface area contributed by atoms with Gasteiger partial charge in [-0.1, -0.05) is 31.4 Å². The first-order valence-electron chi connectivity index (χ1n) is 17.0. The van der Waals surface area contributed by atoms with Crippen LogP contribution in [0.5, 0.6) is 5.75 Å². The Hall–Kier alpha value is -4.44. The van der Waals surface area contributed by atoms with Gasteiger partial charge in [0.1, 0.15) is 17.1 Å². The summed E-state index contributed by atoms with van der Waals surface area (Å²) in [6, 6.07) is 4.23. The van der Waals surface area contributed by atoms with Gasteiger partial charge in [-0.15, -0.1) is 0 Å². The molecule has 0 radical (unpaired) electrons. The largest absolute Gasteiger partial charge is 0.480 e. The SMILES string of the molecule is CCCCCOC(=O)COc1cc(N2C(=O)C3=C(CCCC3)C2=O)c(F)cc1Cl.CCNc1nc(Cl)nc(NC(C)(C)C#N)n1.O=C(O)CNCP(=O)(O)O. The van der Waals surface area contributed by atoms with Gasteiger partial charge in [0, 0.05) is 23.8 Å². The fourth-order valence-corrected chi connectivity index (χ4v) is 5.50. The number of nitrogens with one attached hydrogen (secondary N) is 3. The van der Waals surface area contributed by atoms with E-state index >= 15 is 0 Å². The van der Waals surface area contributed by atoms with Crippen LogP contribution in [0.15, 0.2) is 23.3 Å². The van der Waals surface area contributed by atoms with Gasteiger partial charge in [0.25, 0.3) is 11.8 Å². The van der Waals surface area contributed by atoms with Crippen LogP contribution in [-0.4, -0.2) is 91.7 Å². The van der Waals surface area contributed by atoms with Gasteiger partial charge in [-0.3, -0.25) is 24.3 Å². The number of hydrogen-bond donors (Lipinski definition) is 6. The minimum Gasteiger partial charge on any atom is -0.480 e. The lowest BCUT2D eigenvalue weighted by Crippen LogP contribution is -2.32. The average Bonchev–Trinajstić information content (AvgIpc) is 3.35. The van der Waals surface area contributed by atoms with Crippen molar-refractivity contribution >= 4 is 72.1 Å². The van der Waals surface area contributed by atoms with Crippen LogP contribution in [0.4, 0.5) is 22.0 Å². The number of ether oxygens (including phenoxy) is 2. The van der Waals surface area contributed by atoms with Crippen LogP contribution in [0.3, 0.4) is 0 Å². The van der Waals surface area contributed by atoms with E-state index in [4.69, 9.17) is 52.8 Å². The molecule has 2 heterocycles. The topological polar surface area (TPSA) is 266 Å². The van der Waals surface area contributed by atoms with Gasteiger partial charge in [-0.05, 0) is 70.5 Å². The van der Waals surface area contributed by atoms with Crippen molar-refractivity contribution in [3.63, 3.8) is 0 Å². The van der Waals surface area contributed by atoms with Gasteiger partial charge in [0.05, 0.1) is 36.2 Å². The molecular formula is C33H44Cl2FN8O10P. The summed E-state index contributed by atoms with van der Waals surface area (Å²) in [5.41, 5.74) is -0.0821. The molecule has 55 heavy (non-hydrogen) atoms. The van der Waals surface area contributed by atoms with Crippen LogP contribution in [0.1, 0.15) is 72.6 Å². The highest BCUT2D eigenvalue weighted by atomic mass is 35.5. The molecular weight excluding hydrogens is 789 g/mol. The summed E-state index contributed by atoms with van der Waals surface area (Å²) in [6.45, 7) is 7.53. The van der Waals surface area contributed by atoms with E-state index in [-0.39, 0.29) is 27.7 Å². The number of aliphatic carboxylic acids is 1. The van der Waals surface area contributed by atoms with Gasteiger partial charge in [-0.2, -0.15) is 20.2 Å². The van der Waals surface area contributed by atoms with Gasteiger partial charge in [-0.25, -0.2) is 14.1 Å². The summed E-state index contributed by atoms with van der Waals surface area (Å²) >= 11 is 11.7. The van der Waals surface area contributed by atoms with Crippen LogP contribution in [0, 0.1) is 17.1 Å². The number of unbranched alkanes of at least 4 members (excludes halogenated alkanes) is 2. The van der Waals surface area contributed by atoms with Crippen LogP contribution < -0.4 is 25.6 Å². The molecule has 0 saturated carbocycles. The van der Waals surface area contributed by atoms with E-state index in [0.717, 1.165) is 43.1 Å². The summed E-state index contributed by atoms with van der Waals surface area (Å²) in [6.07, 6.45) is 4.80. The second kappa shape index (κ2) is 22.2. The van der Waals surface area contributed by atoms with Gasteiger partial charge in [0.2, 0.25) is 17.2 Å². The zero-order valence-electron chi connectivity index (χ0n) is 30.7. The summed E-state index contributed by atoms with van der Waals surface area (Å²) in [4.78, 5) is 76.0. The van der Waals surface area contributed by atoms with E-state index in [1.165, 1.54) is 6.07 Å². The molecule has 0 saturated heterocycles. The van der Waals surface area contributed by atoms with Crippen molar-refractivity contribution in [1.82, 2.24) is 20.3 Å². The number of imide groups is 1. The summed E-state index contributed by atoms with van der Waals surface area (Å²) in [7, 11) is -4.10. The minimum atomic E-state index is -4.10. The van der Waals surface area contributed by atoms with Crippen molar-refractivity contribution in [3.05, 3.63) is 39.4 Å². The van der Waals surface area contributed by atoms with Gasteiger partial charge >= 0.3 is 19.5 Å². The predicted octanol–water partition coefficient (Wildman–Crippen LogP) is 4.80. The highest BCUT2D eigenvalue weighted by molar-refractivity contribution is 7.51. The number of carbonyl (C=O) groups excluding carboxylic acids is 3. The zero-order valence-corrected chi connectivity index (χ0v) is 33.1. The van der Waals surface area contributed by atoms with Crippen molar-refractivity contribution in [2.24, 2.45) is 0 Å². The number of benzene rings is 1. The number of anilines is 3. The third kappa shape index (κ3) is 16.1.